The van der Waals surface area contributed by atoms with Crippen LogP contribution in [0.2, 0.25) is 0 Å². The highest BCUT2D eigenvalue weighted by atomic mass is 35.5. The summed E-state index contributed by atoms with van der Waals surface area (Å²) in [5.41, 5.74) is -2.17. The summed E-state index contributed by atoms with van der Waals surface area (Å²) >= 11 is 5.73. The zero-order valence-electron chi connectivity index (χ0n) is 12.6. The summed E-state index contributed by atoms with van der Waals surface area (Å²) in [6.07, 6.45) is -3.78. The molecule has 9 heteroatoms. The van der Waals surface area contributed by atoms with Gasteiger partial charge in [0, 0.05) is 17.8 Å². The van der Waals surface area contributed by atoms with Crippen molar-refractivity contribution >= 4 is 17.4 Å². The maximum Gasteiger partial charge on any atom is 0.417 e. The van der Waals surface area contributed by atoms with E-state index in [1.54, 1.807) is 26.8 Å². The molecule has 0 fully saturated rings. The molecule has 1 aliphatic rings. The molecule has 1 aliphatic heterocycles. The third-order valence-electron chi connectivity index (χ3n) is 2.85. The molecule has 23 heavy (non-hydrogen) atoms. The Balaban J connectivity index is 2.98. The van der Waals surface area contributed by atoms with E-state index >= 15 is 0 Å². The molecule has 0 radical (unpaired) electrons. The number of ketones is 1. The average Bonchev–Trinajstić information content (AvgIpc) is 2.39. The van der Waals surface area contributed by atoms with Gasteiger partial charge in [-0.05, 0) is 6.08 Å². The van der Waals surface area contributed by atoms with Crippen LogP contribution in [-0.4, -0.2) is 28.4 Å². The summed E-state index contributed by atoms with van der Waals surface area (Å²) in [5, 5.41) is 21.0. The van der Waals surface area contributed by atoms with Crippen molar-refractivity contribution in [2.45, 2.75) is 33.1 Å². The summed E-state index contributed by atoms with van der Waals surface area (Å²) in [7, 11) is 0. The Hall–Kier alpha value is -1.98. The van der Waals surface area contributed by atoms with Crippen molar-refractivity contribution in [1.82, 2.24) is 10.4 Å². The van der Waals surface area contributed by atoms with Gasteiger partial charge in [-0.15, -0.1) is 0 Å². The van der Waals surface area contributed by atoms with Crippen molar-refractivity contribution in [2.75, 3.05) is 0 Å². The smallest absolute Gasteiger partial charge is 0.364 e. The van der Waals surface area contributed by atoms with E-state index in [9.17, 15) is 23.2 Å². The number of alkyl halides is 3. The number of hydroxylamine groups is 2. The molecule has 0 saturated heterocycles. The minimum atomic E-state index is -4.66. The maximum atomic E-state index is 12.6. The van der Waals surface area contributed by atoms with Crippen LogP contribution in [0.5, 0.6) is 0 Å². The molecule has 126 valence electrons. The van der Waals surface area contributed by atoms with Crippen molar-refractivity contribution in [3.8, 4) is 6.07 Å². The van der Waals surface area contributed by atoms with E-state index in [4.69, 9.17) is 16.9 Å². The lowest BCUT2D eigenvalue weighted by Crippen LogP contribution is -2.42. The third-order valence-corrected chi connectivity index (χ3v) is 3.17. The van der Waals surface area contributed by atoms with Crippen LogP contribution in [0.25, 0.3) is 0 Å². The van der Waals surface area contributed by atoms with Crippen LogP contribution in [0.4, 0.5) is 13.2 Å². The van der Waals surface area contributed by atoms with E-state index in [2.05, 4.69) is 5.32 Å². The van der Waals surface area contributed by atoms with Crippen LogP contribution >= 0.6 is 11.6 Å². The Labute approximate surface area is 136 Å². The summed E-state index contributed by atoms with van der Waals surface area (Å²) < 4.78 is 37.8. The normalized spacial score (nSPS) is 19.7. The Morgan fingerprint density at radius 1 is 1.48 bits per heavy atom. The monoisotopic (exact) mass is 349 g/mol. The van der Waals surface area contributed by atoms with Crippen LogP contribution in [0.1, 0.15) is 20.8 Å². The number of halogens is 4. The third kappa shape index (κ3) is 4.74. The molecule has 0 bridgehead atoms. The predicted octanol–water partition coefficient (Wildman–Crippen LogP) is 3.20. The first-order chi connectivity index (χ1) is 10.4. The molecular formula is C14H15ClF3N3O2. The van der Waals surface area contributed by atoms with Gasteiger partial charge in [0.05, 0.1) is 10.6 Å². The predicted molar refractivity (Wildman–Crippen MR) is 76.8 cm³/mol. The lowest BCUT2D eigenvalue weighted by molar-refractivity contribution is -0.122. The molecule has 5 nitrogen and oxygen atoms in total. The van der Waals surface area contributed by atoms with Gasteiger partial charge in [-0.1, -0.05) is 32.4 Å². The number of nitrogens with zero attached hydrogens (tertiary/aromatic N) is 2. The Kier molecular flexibility index (Phi) is 5.51. The number of carbonyl (C=O) groups is 1. The number of nitriles is 1. The molecular weight excluding hydrogens is 335 g/mol. The van der Waals surface area contributed by atoms with E-state index in [1.807, 2.05) is 0 Å². The van der Waals surface area contributed by atoms with Crippen LogP contribution in [0.3, 0.4) is 0 Å². The van der Waals surface area contributed by atoms with Gasteiger partial charge in [-0.3, -0.25) is 10.0 Å². The van der Waals surface area contributed by atoms with Crippen LogP contribution < -0.4 is 5.32 Å². The summed E-state index contributed by atoms with van der Waals surface area (Å²) in [5.74, 6) is -0.459. The summed E-state index contributed by atoms with van der Waals surface area (Å²) in [6, 6.07) is 1.70. The summed E-state index contributed by atoms with van der Waals surface area (Å²) in [4.78, 5) is 12.0. The second-order valence-electron chi connectivity index (χ2n) is 5.81. The summed E-state index contributed by atoms with van der Waals surface area (Å²) in [6.45, 7) is 4.85. The SMILES string of the molecule is CC(C)(C)C(=O)C(C#N)=CNC1C(Cl)=CC(C(F)(F)F)=CN1O. The van der Waals surface area contributed by atoms with Crippen molar-refractivity contribution in [2.24, 2.45) is 5.41 Å². The van der Waals surface area contributed by atoms with Gasteiger partial charge in [0.25, 0.3) is 0 Å². The number of hydrogen-bond donors (Lipinski definition) is 2. The van der Waals surface area contributed by atoms with Gasteiger partial charge < -0.3 is 5.32 Å². The first-order valence-corrected chi connectivity index (χ1v) is 6.80. The molecule has 0 aromatic heterocycles. The van der Waals surface area contributed by atoms with Gasteiger partial charge in [-0.2, -0.15) is 18.4 Å². The molecule has 2 N–H and O–H groups in total. The highest BCUT2D eigenvalue weighted by Crippen LogP contribution is 2.32. The van der Waals surface area contributed by atoms with Crippen molar-refractivity contribution < 1.29 is 23.2 Å². The molecule has 0 saturated carbocycles. The fraction of sp³-hybridized carbons (Fsp3) is 0.429. The van der Waals surface area contributed by atoms with Crippen molar-refractivity contribution in [3.05, 3.63) is 34.7 Å². The number of rotatable bonds is 3. The molecule has 1 atom stereocenters. The van der Waals surface area contributed by atoms with Crippen LogP contribution in [0.15, 0.2) is 34.7 Å². The van der Waals surface area contributed by atoms with Gasteiger partial charge in [0.1, 0.15) is 11.6 Å². The molecule has 1 heterocycles. The van der Waals surface area contributed by atoms with Gasteiger partial charge in [-0.25, -0.2) is 5.06 Å². The van der Waals surface area contributed by atoms with Gasteiger partial charge in [0.2, 0.25) is 0 Å². The molecule has 0 spiro atoms. The minimum absolute atomic E-state index is 0.220. The van der Waals surface area contributed by atoms with E-state index in [1.165, 1.54) is 0 Å². The topological polar surface area (TPSA) is 76.4 Å². The zero-order valence-corrected chi connectivity index (χ0v) is 13.3. The van der Waals surface area contributed by atoms with Gasteiger partial charge in [0.15, 0.2) is 11.9 Å². The van der Waals surface area contributed by atoms with Crippen LogP contribution in [0, 0.1) is 16.7 Å². The Morgan fingerprint density at radius 3 is 2.43 bits per heavy atom. The maximum absolute atomic E-state index is 12.6. The molecule has 0 aromatic carbocycles. The van der Waals surface area contributed by atoms with Gasteiger partial charge >= 0.3 is 6.18 Å². The molecule has 0 aliphatic carbocycles. The standard InChI is InChI=1S/C14H15ClF3N3O2/c1-13(2,3)11(22)8(5-19)6-20-12-10(15)4-9(7-21(12)23)14(16,17)18/h4,6-7,12,20,23H,1-3H3. The first-order valence-electron chi connectivity index (χ1n) is 6.42. The highest BCUT2D eigenvalue weighted by Gasteiger charge is 2.37. The highest BCUT2D eigenvalue weighted by molar-refractivity contribution is 6.30. The number of nitrogens with one attached hydrogen (secondary N) is 1. The molecule has 1 rings (SSSR count). The quantitative estimate of drug-likeness (QED) is 0.604. The van der Waals surface area contributed by atoms with Crippen molar-refractivity contribution in [1.29, 1.82) is 5.26 Å². The first kappa shape index (κ1) is 19.1. The number of Topliss-reactive ketones (excluding diaryl/α,β-unsaturated/α-hetero) is 1. The van der Waals surface area contributed by atoms with E-state index < -0.39 is 29.1 Å². The Bertz CT molecular complexity index is 625. The fourth-order valence-corrected chi connectivity index (χ4v) is 1.91. The largest absolute Gasteiger partial charge is 0.417 e. The second kappa shape index (κ2) is 6.64. The van der Waals surface area contributed by atoms with Crippen molar-refractivity contribution in [3.63, 3.8) is 0 Å². The lowest BCUT2D eigenvalue weighted by atomic mass is 9.87. The van der Waals surface area contributed by atoms with Crippen LogP contribution in [-0.2, 0) is 4.79 Å². The van der Waals surface area contributed by atoms with E-state index in [-0.39, 0.29) is 15.7 Å². The van der Waals surface area contributed by atoms with E-state index in [0.717, 1.165) is 6.20 Å². The lowest BCUT2D eigenvalue weighted by Gasteiger charge is -2.29. The number of allylic oxidation sites excluding steroid dienone is 3. The molecule has 0 amide bonds. The Morgan fingerprint density at radius 2 is 2.04 bits per heavy atom. The molecule has 1 unspecified atom stereocenters. The molecule has 0 aromatic rings. The minimum Gasteiger partial charge on any atom is -0.364 e. The second-order valence-corrected chi connectivity index (χ2v) is 6.25. The van der Waals surface area contributed by atoms with E-state index in [0.29, 0.717) is 12.3 Å². The fourth-order valence-electron chi connectivity index (χ4n) is 1.63. The number of hydrogen-bond acceptors (Lipinski definition) is 5. The average molecular weight is 350 g/mol. The number of carbonyl (C=O) groups excluding carboxylic acids is 1. The zero-order chi connectivity index (χ0) is 18.0.